The lowest BCUT2D eigenvalue weighted by Gasteiger charge is -2.09. The summed E-state index contributed by atoms with van der Waals surface area (Å²) in [7, 11) is 0. The zero-order chi connectivity index (χ0) is 17.6. The zero-order valence-electron chi connectivity index (χ0n) is 14.3. The lowest BCUT2D eigenvalue weighted by Crippen LogP contribution is -2.30. The summed E-state index contributed by atoms with van der Waals surface area (Å²) in [4.78, 5) is 20.6. The molecule has 3 aromatic rings. The number of nitrogens with zero attached hydrogens (tertiary/aromatic N) is 1. The minimum atomic E-state index is -0.128. The summed E-state index contributed by atoms with van der Waals surface area (Å²) in [6, 6.07) is 9.98. The van der Waals surface area contributed by atoms with Crippen molar-refractivity contribution in [3.8, 4) is 16.3 Å². The molecule has 1 aromatic carbocycles. The van der Waals surface area contributed by atoms with Crippen molar-refractivity contribution in [1.82, 2.24) is 15.3 Å². The third-order valence-corrected chi connectivity index (χ3v) is 4.61. The third kappa shape index (κ3) is 4.70. The van der Waals surface area contributed by atoms with Crippen molar-refractivity contribution in [3.63, 3.8) is 0 Å². The van der Waals surface area contributed by atoms with Gasteiger partial charge < -0.3 is 15.0 Å². The molecule has 0 bridgehead atoms. The van der Waals surface area contributed by atoms with Crippen molar-refractivity contribution < 1.29 is 9.53 Å². The van der Waals surface area contributed by atoms with Crippen molar-refractivity contribution in [2.75, 3.05) is 13.2 Å². The van der Waals surface area contributed by atoms with E-state index in [1.165, 1.54) is 0 Å². The Hall–Kier alpha value is -2.60. The molecule has 0 saturated carbocycles. The maximum atomic E-state index is 12.0. The summed E-state index contributed by atoms with van der Waals surface area (Å²) < 4.78 is 5.57. The zero-order valence-corrected chi connectivity index (χ0v) is 15.2. The fourth-order valence-electron chi connectivity index (χ4n) is 2.68. The van der Waals surface area contributed by atoms with Gasteiger partial charge in [-0.3, -0.25) is 4.79 Å². The number of imidazole rings is 1. The molecule has 0 aliphatic heterocycles. The Kier molecular flexibility index (Phi) is 5.50. The molecule has 2 heterocycles. The van der Waals surface area contributed by atoms with Crippen LogP contribution in [0.5, 0.6) is 5.75 Å². The van der Waals surface area contributed by atoms with Crippen LogP contribution in [0.4, 0.5) is 0 Å². The number of H-pyrrole nitrogens is 1. The van der Waals surface area contributed by atoms with Gasteiger partial charge in [-0.25, -0.2) is 4.98 Å². The van der Waals surface area contributed by atoms with Crippen molar-refractivity contribution in [2.45, 2.75) is 20.3 Å². The van der Waals surface area contributed by atoms with Crippen molar-refractivity contribution >= 4 is 17.2 Å². The summed E-state index contributed by atoms with van der Waals surface area (Å²) in [5.74, 6) is 0.595. The van der Waals surface area contributed by atoms with Crippen LogP contribution in [0.15, 0.2) is 42.0 Å². The number of ether oxygens (including phenoxy) is 1. The number of benzene rings is 1. The van der Waals surface area contributed by atoms with Gasteiger partial charge in [-0.05, 0) is 48.6 Å². The molecule has 0 unspecified atom stereocenters. The molecule has 0 radical (unpaired) electrons. The number of hydrogen-bond donors (Lipinski definition) is 2. The molecule has 3 rings (SSSR count). The molecule has 6 heteroatoms. The highest BCUT2D eigenvalue weighted by Crippen LogP contribution is 2.25. The summed E-state index contributed by atoms with van der Waals surface area (Å²) >= 11 is 1.65. The average Bonchev–Trinajstić information content (AvgIpc) is 3.23. The Morgan fingerprint density at radius 1 is 1.28 bits per heavy atom. The van der Waals surface area contributed by atoms with Crippen LogP contribution in [0.2, 0.25) is 0 Å². The maximum Gasteiger partial charge on any atom is 0.257 e. The third-order valence-electron chi connectivity index (χ3n) is 3.74. The fourth-order valence-corrected chi connectivity index (χ4v) is 3.43. The SMILES string of the molecule is Cc1cc(C)cc(OCC(=O)NCCc2[nH]cnc2-c2cccs2)c1. The summed E-state index contributed by atoms with van der Waals surface area (Å²) in [6.45, 7) is 4.57. The molecule has 0 atom stereocenters. The Morgan fingerprint density at radius 3 is 2.80 bits per heavy atom. The molecule has 1 amide bonds. The number of carbonyl (C=O) groups is 1. The van der Waals surface area contributed by atoms with E-state index in [0.29, 0.717) is 13.0 Å². The highest BCUT2D eigenvalue weighted by molar-refractivity contribution is 7.13. The monoisotopic (exact) mass is 355 g/mol. The number of aromatic nitrogens is 2. The van der Waals surface area contributed by atoms with Crippen molar-refractivity contribution in [3.05, 3.63) is 58.9 Å². The molecule has 0 aliphatic rings. The second-order valence-corrected chi connectivity index (χ2v) is 6.87. The minimum absolute atomic E-state index is 0.0175. The molecule has 0 saturated heterocycles. The number of nitrogens with one attached hydrogen (secondary N) is 2. The van der Waals surface area contributed by atoms with Crippen LogP contribution in [0.3, 0.4) is 0 Å². The van der Waals surface area contributed by atoms with E-state index < -0.39 is 0 Å². The van der Waals surface area contributed by atoms with E-state index in [1.807, 2.05) is 43.5 Å². The van der Waals surface area contributed by atoms with Crippen molar-refractivity contribution in [1.29, 1.82) is 0 Å². The van der Waals surface area contributed by atoms with E-state index in [1.54, 1.807) is 17.7 Å². The van der Waals surface area contributed by atoms with Gasteiger partial charge in [-0.2, -0.15) is 0 Å². The molecular formula is C19H21N3O2S. The molecule has 5 nitrogen and oxygen atoms in total. The van der Waals surface area contributed by atoms with E-state index in [9.17, 15) is 4.79 Å². The number of rotatable bonds is 7. The average molecular weight is 355 g/mol. The molecule has 0 spiro atoms. The standard InChI is InChI=1S/C19H21N3O2S/c1-13-8-14(2)10-15(9-13)24-11-18(23)20-6-5-16-19(22-12-21-16)17-4-3-7-25-17/h3-4,7-10,12H,5-6,11H2,1-2H3,(H,20,23)(H,21,22). The van der Waals surface area contributed by atoms with Gasteiger partial charge >= 0.3 is 0 Å². The second kappa shape index (κ2) is 7.98. The predicted molar refractivity (Wildman–Crippen MR) is 100 cm³/mol. The van der Waals surface area contributed by atoms with Crippen LogP contribution >= 0.6 is 11.3 Å². The second-order valence-electron chi connectivity index (χ2n) is 5.92. The van der Waals surface area contributed by atoms with E-state index in [2.05, 4.69) is 21.4 Å². The van der Waals surface area contributed by atoms with Gasteiger partial charge in [0.25, 0.3) is 5.91 Å². The van der Waals surface area contributed by atoms with Gasteiger partial charge in [0.15, 0.2) is 6.61 Å². The molecular weight excluding hydrogens is 334 g/mol. The normalized spacial score (nSPS) is 10.6. The van der Waals surface area contributed by atoms with Crippen LogP contribution in [0.25, 0.3) is 10.6 Å². The molecule has 130 valence electrons. The summed E-state index contributed by atoms with van der Waals surface area (Å²) in [5, 5.41) is 4.91. The Balaban J connectivity index is 1.46. The summed E-state index contributed by atoms with van der Waals surface area (Å²) in [5.41, 5.74) is 4.22. The summed E-state index contributed by atoms with van der Waals surface area (Å²) in [6.07, 6.45) is 2.39. The first kappa shape index (κ1) is 17.2. The van der Waals surface area contributed by atoms with Gasteiger partial charge in [-0.15, -0.1) is 11.3 Å². The molecule has 0 fully saturated rings. The van der Waals surface area contributed by atoms with Crippen molar-refractivity contribution in [2.24, 2.45) is 0 Å². The quantitative estimate of drug-likeness (QED) is 0.682. The highest BCUT2D eigenvalue weighted by Gasteiger charge is 2.10. The van der Waals surface area contributed by atoms with Gasteiger partial charge in [0.1, 0.15) is 11.4 Å². The van der Waals surface area contributed by atoms with Gasteiger partial charge in [-0.1, -0.05) is 12.1 Å². The number of aryl methyl sites for hydroxylation is 2. The van der Waals surface area contributed by atoms with E-state index in [-0.39, 0.29) is 12.5 Å². The van der Waals surface area contributed by atoms with Crippen LogP contribution < -0.4 is 10.1 Å². The predicted octanol–water partition coefficient (Wildman–Crippen LogP) is 3.49. The van der Waals surface area contributed by atoms with Crippen LogP contribution in [0, 0.1) is 13.8 Å². The maximum absolute atomic E-state index is 12.0. The lowest BCUT2D eigenvalue weighted by atomic mass is 10.1. The molecule has 25 heavy (non-hydrogen) atoms. The van der Waals surface area contributed by atoms with Crippen LogP contribution in [-0.2, 0) is 11.2 Å². The Labute approximate surface area is 151 Å². The lowest BCUT2D eigenvalue weighted by molar-refractivity contribution is -0.123. The topological polar surface area (TPSA) is 67.0 Å². The van der Waals surface area contributed by atoms with E-state index >= 15 is 0 Å². The first-order valence-electron chi connectivity index (χ1n) is 8.16. The number of aromatic amines is 1. The van der Waals surface area contributed by atoms with Gasteiger partial charge in [0.2, 0.25) is 0 Å². The number of hydrogen-bond acceptors (Lipinski definition) is 4. The van der Waals surface area contributed by atoms with E-state index in [0.717, 1.165) is 33.1 Å². The molecule has 0 aliphatic carbocycles. The smallest absolute Gasteiger partial charge is 0.257 e. The Morgan fingerprint density at radius 2 is 2.08 bits per heavy atom. The van der Waals surface area contributed by atoms with Crippen LogP contribution in [-0.4, -0.2) is 29.0 Å². The first-order valence-corrected chi connectivity index (χ1v) is 9.03. The number of carbonyl (C=O) groups excluding carboxylic acids is 1. The number of amides is 1. The van der Waals surface area contributed by atoms with Gasteiger partial charge in [0, 0.05) is 18.7 Å². The van der Waals surface area contributed by atoms with Gasteiger partial charge in [0.05, 0.1) is 11.2 Å². The molecule has 2 aromatic heterocycles. The minimum Gasteiger partial charge on any atom is -0.484 e. The van der Waals surface area contributed by atoms with E-state index in [4.69, 9.17) is 4.74 Å². The number of thiophene rings is 1. The fraction of sp³-hybridized carbons (Fsp3) is 0.263. The van der Waals surface area contributed by atoms with Crippen LogP contribution in [0.1, 0.15) is 16.8 Å². The first-order chi connectivity index (χ1) is 12.1. The molecule has 2 N–H and O–H groups in total. The highest BCUT2D eigenvalue weighted by atomic mass is 32.1. The Bertz CT molecular complexity index is 820. The largest absolute Gasteiger partial charge is 0.484 e.